The van der Waals surface area contributed by atoms with Gasteiger partial charge in [0.25, 0.3) is 0 Å². The van der Waals surface area contributed by atoms with Crippen molar-refractivity contribution in [1.29, 1.82) is 0 Å². The number of aromatic nitrogens is 1. The second kappa shape index (κ2) is 9.87. The van der Waals surface area contributed by atoms with E-state index >= 15 is 0 Å². The molecule has 4 nitrogen and oxygen atoms in total. The highest BCUT2D eigenvalue weighted by molar-refractivity contribution is 5.70. The molecule has 0 atom stereocenters. The summed E-state index contributed by atoms with van der Waals surface area (Å²) in [5.41, 5.74) is 3.36. The lowest BCUT2D eigenvalue weighted by molar-refractivity contribution is 0.268. The second-order valence-electron chi connectivity index (χ2n) is 7.02. The van der Waals surface area contributed by atoms with E-state index in [2.05, 4.69) is 4.98 Å². The van der Waals surface area contributed by atoms with Crippen LogP contribution in [0.15, 0.2) is 91.0 Å². The first-order chi connectivity index (χ1) is 15.2. The first-order valence-electron chi connectivity index (χ1n) is 9.97. The molecule has 5 heteroatoms. The summed E-state index contributed by atoms with van der Waals surface area (Å²) in [5, 5.41) is 9.26. The Morgan fingerprint density at radius 2 is 1.29 bits per heavy atom. The smallest absolute Gasteiger partial charge is 0.225 e. The molecule has 0 amide bonds. The molecule has 3 aromatic carbocycles. The maximum atomic E-state index is 14.7. The highest BCUT2D eigenvalue weighted by Gasteiger charge is 2.15. The van der Waals surface area contributed by atoms with Gasteiger partial charge in [0.05, 0.1) is 6.61 Å². The van der Waals surface area contributed by atoms with Crippen LogP contribution in [0.3, 0.4) is 0 Å². The van der Waals surface area contributed by atoms with Crippen molar-refractivity contribution in [3.8, 4) is 22.9 Å². The number of pyridine rings is 1. The van der Waals surface area contributed by atoms with Crippen LogP contribution >= 0.6 is 0 Å². The molecule has 0 aliphatic carbocycles. The molecule has 0 spiro atoms. The third kappa shape index (κ3) is 5.27. The first-order valence-corrected chi connectivity index (χ1v) is 9.97. The van der Waals surface area contributed by atoms with Gasteiger partial charge in [-0.3, -0.25) is 0 Å². The van der Waals surface area contributed by atoms with E-state index in [1.165, 1.54) is 6.07 Å². The number of hydrogen-bond donors (Lipinski definition) is 1. The summed E-state index contributed by atoms with van der Waals surface area (Å²) in [7, 11) is 0. The fourth-order valence-electron chi connectivity index (χ4n) is 3.15. The highest BCUT2D eigenvalue weighted by atomic mass is 19.1. The molecule has 0 fully saturated rings. The van der Waals surface area contributed by atoms with E-state index in [-0.39, 0.29) is 12.5 Å². The predicted octanol–water partition coefficient (Wildman–Crippen LogP) is 5.54. The Bertz CT molecular complexity index is 1130. The molecule has 1 heterocycles. The van der Waals surface area contributed by atoms with Crippen molar-refractivity contribution in [3.05, 3.63) is 114 Å². The zero-order valence-electron chi connectivity index (χ0n) is 16.9. The van der Waals surface area contributed by atoms with E-state index in [0.717, 1.165) is 11.1 Å². The van der Waals surface area contributed by atoms with E-state index in [9.17, 15) is 9.50 Å². The molecule has 4 aromatic rings. The number of ether oxygens (including phenoxy) is 2. The lowest BCUT2D eigenvalue weighted by atomic mass is 10.0. The Labute approximate surface area is 180 Å². The van der Waals surface area contributed by atoms with Gasteiger partial charge >= 0.3 is 0 Å². The summed E-state index contributed by atoms with van der Waals surface area (Å²) < 4.78 is 26.5. The maximum Gasteiger partial charge on any atom is 0.225 e. The lowest BCUT2D eigenvalue weighted by Crippen LogP contribution is -2.03. The van der Waals surface area contributed by atoms with E-state index in [1.54, 1.807) is 24.3 Å². The van der Waals surface area contributed by atoms with Crippen LogP contribution < -0.4 is 9.47 Å². The Balaban J connectivity index is 1.62. The van der Waals surface area contributed by atoms with Crippen molar-refractivity contribution in [2.45, 2.75) is 19.8 Å². The van der Waals surface area contributed by atoms with Gasteiger partial charge in [-0.2, -0.15) is 4.98 Å². The number of nitrogens with zero attached hydrogens (tertiary/aromatic N) is 1. The molecular weight excluding hydrogens is 393 g/mol. The molecule has 1 aromatic heterocycles. The summed E-state index contributed by atoms with van der Waals surface area (Å²) in [6.07, 6.45) is 0. The Hall–Kier alpha value is -3.70. The number of aliphatic hydroxyl groups is 1. The van der Waals surface area contributed by atoms with Gasteiger partial charge in [-0.15, -0.1) is 0 Å². The summed E-state index contributed by atoms with van der Waals surface area (Å²) in [6, 6.07) is 27.5. The molecule has 1 N–H and O–H groups in total. The minimum absolute atomic E-state index is 0.223. The SMILES string of the molecule is OCc1ccc(-c2ccc(OCc3ccccc3)nc2OCc2ccccc2)c(F)c1. The van der Waals surface area contributed by atoms with Crippen molar-refractivity contribution >= 4 is 0 Å². The Kier molecular flexibility index (Phi) is 6.55. The van der Waals surface area contributed by atoms with Gasteiger partial charge in [-0.25, -0.2) is 4.39 Å². The Morgan fingerprint density at radius 3 is 1.90 bits per heavy atom. The minimum Gasteiger partial charge on any atom is -0.473 e. The number of hydrogen-bond acceptors (Lipinski definition) is 4. The quantitative estimate of drug-likeness (QED) is 0.411. The standard InChI is InChI=1S/C26H22FNO3/c27-24-15-21(16-29)11-12-22(24)23-13-14-25(30-17-19-7-3-1-4-8-19)28-26(23)31-18-20-9-5-2-6-10-20/h1-15,29H,16-18H2. The van der Waals surface area contributed by atoms with Gasteiger partial charge in [0, 0.05) is 17.2 Å². The highest BCUT2D eigenvalue weighted by Crippen LogP contribution is 2.33. The van der Waals surface area contributed by atoms with E-state index in [4.69, 9.17) is 9.47 Å². The van der Waals surface area contributed by atoms with E-state index < -0.39 is 5.82 Å². The minimum atomic E-state index is -0.448. The Morgan fingerprint density at radius 1 is 0.677 bits per heavy atom. The molecule has 0 saturated heterocycles. The van der Waals surface area contributed by atoms with E-state index in [0.29, 0.717) is 35.8 Å². The molecule has 4 rings (SSSR count). The first kappa shape index (κ1) is 20.6. The number of benzene rings is 3. The summed E-state index contributed by atoms with van der Waals surface area (Å²) in [5.74, 6) is 0.226. The van der Waals surface area contributed by atoms with Crippen LogP contribution in [0.4, 0.5) is 4.39 Å². The van der Waals surface area contributed by atoms with Crippen LogP contribution in [-0.4, -0.2) is 10.1 Å². The zero-order valence-corrected chi connectivity index (χ0v) is 16.9. The topological polar surface area (TPSA) is 51.6 Å². The zero-order chi connectivity index (χ0) is 21.5. The largest absolute Gasteiger partial charge is 0.473 e. The molecule has 0 unspecified atom stereocenters. The van der Waals surface area contributed by atoms with Crippen LogP contribution in [0.5, 0.6) is 11.8 Å². The molecule has 0 aliphatic heterocycles. The van der Waals surface area contributed by atoms with E-state index in [1.807, 2.05) is 60.7 Å². The van der Waals surface area contributed by atoms with Crippen LogP contribution in [-0.2, 0) is 19.8 Å². The molecular formula is C26H22FNO3. The van der Waals surface area contributed by atoms with Crippen LogP contribution in [0, 0.1) is 5.82 Å². The predicted molar refractivity (Wildman–Crippen MR) is 117 cm³/mol. The maximum absolute atomic E-state index is 14.7. The molecule has 0 bridgehead atoms. The molecule has 156 valence electrons. The van der Waals surface area contributed by atoms with Crippen molar-refractivity contribution in [1.82, 2.24) is 4.98 Å². The third-order valence-electron chi connectivity index (χ3n) is 4.79. The summed E-state index contributed by atoms with van der Waals surface area (Å²) in [4.78, 5) is 4.50. The monoisotopic (exact) mass is 415 g/mol. The summed E-state index contributed by atoms with van der Waals surface area (Å²) in [6.45, 7) is 0.434. The fourth-order valence-corrected chi connectivity index (χ4v) is 3.15. The van der Waals surface area contributed by atoms with Crippen molar-refractivity contribution in [3.63, 3.8) is 0 Å². The van der Waals surface area contributed by atoms with Gasteiger partial charge in [0.15, 0.2) is 0 Å². The van der Waals surface area contributed by atoms with Crippen LogP contribution in [0.1, 0.15) is 16.7 Å². The van der Waals surface area contributed by atoms with Crippen molar-refractivity contribution in [2.75, 3.05) is 0 Å². The lowest BCUT2D eigenvalue weighted by Gasteiger charge is -2.14. The molecule has 0 saturated carbocycles. The second-order valence-corrected chi connectivity index (χ2v) is 7.02. The number of aliphatic hydroxyl groups excluding tert-OH is 1. The van der Waals surface area contributed by atoms with Gasteiger partial charge in [-0.05, 0) is 28.8 Å². The van der Waals surface area contributed by atoms with Gasteiger partial charge in [-0.1, -0.05) is 72.8 Å². The normalized spacial score (nSPS) is 10.6. The molecule has 0 radical (unpaired) electrons. The van der Waals surface area contributed by atoms with Crippen molar-refractivity contribution < 1.29 is 19.0 Å². The average molecular weight is 415 g/mol. The van der Waals surface area contributed by atoms with Crippen LogP contribution in [0.2, 0.25) is 0 Å². The van der Waals surface area contributed by atoms with Gasteiger partial charge in [0.2, 0.25) is 11.8 Å². The molecule has 0 aliphatic rings. The number of halogens is 1. The van der Waals surface area contributed by atoms with Crippen molar-refractivity contribution in [2.24, 2.45) is 0 Å². The average Bonchev–Trinajstić information content (AvgIpc) is 2.83. The summed E-state index contributed by atoms with van der Waals surface area (Å²) >= 11 is 0. The van der Waals surface area contributed by atoms with Gasteiger partial charge in [0.1, 0.15) is 19.0 Å². The fraction of sp³-hybridized carbons (Fsp3) is 0.115. The molecule has 31 heavy (non-hydrogen) atoms. The van der Waals surface area contributed by atoms with Gasteiger partial charge < -0.3 is 14.6 Å². The van der Waals surface area contributed by atoms with Crippen LogP contribution in [0.25, 0.3) is 11.1 Å². The third-order valence-corrected chi connectivity index (χ3v) is 4.79. The number of rotatable bonds is 8.